The maximum absolute atomic E-state index is 13.4. The van der Waals surface area contributed by atoms with Gasteiger partial charge in [0, 0.05) is 31.9 Å². The average molecular weight is 522 g/mol. The largest absolute Gasteiger partial charge is 0.487 e. The van der Waals surface area contributed by atoms with Crippen LogP contribution in [0.3, 0.4) is 0 Å². The molecule has 4 aromatic rings. The van der Waals surface area contributed by atoms with Crippen molar-refractivity contribution in [3.05, 3.63) is 76.1 Å². The molecule has 0 spiro atoms. The Morgan fingerprint density at radius 2 is 1.97 bits per heavy atom. The quantitative estimate of drug-likeness (QED) is 0.343. The smallest absolute Gasteiger partial charge is 0.142 e. The van der Waals surface area contributed by atoms with Gasteiger partial charge in [0.25, 0.3) is 0 Å². The van der Waals surface area contributed by atoms with E-state index in [9.17, 15) is 4.39 Å². The molecular formula is C27H25ClFN5OS. The van der Waals surface area contributed by atoms with E-state index in [0.717, 1.165) is 59.1 Å². The maximum atomic E-state index is 13.4. The van der Waals surface area contributed by atoms with Gasteiger partial charge in [-0.25, -0.2) is 14.4 Å². The molecule has 1 aliphatic heterocycles. The number of likely N-dealkylation sites (N-methyl/N-ethyl adjacent to an activating group) is 1. The van der Waals surface area contributed by atoms with Crippen LogP contribution in [-0.2, 0) is 6.61 Å². The number of thiophene rings is 1. The van der Waals surface area contributed by atoms with E-state index in [4.69, 9.17) is 16.3 Å². The lowest BCUT2D eigenvalue weighted by atomic mass is 10.2. The van der Waals surface area contributed by atoms with Crippen LogP contribution in [0.5, 0.6) is 5.75 Å². The first-order valence-corrected chi connectivity index (χ1v) is 12.8. The van der Waals surface area contributed by atoms with Crippen LogP contribution in [0.15, 0.2) is 54.9 Å². The molecule has 0 aliphatic carbocycles. The van der Waals surface area contributed by atoms with Gasteiger partial charge in [-0.1, -0.05) is 35.6 Å². The molecule has 36 heavy (non-hydrogen) atoms. The van der Waals surface area contributed by atoms with Gasteiger partial charge in [-0.3, -0.25) is 4.90 Å². The number of hydrogen-bond acceptors (Lipinski definition) is 7. The molecule has 1 N–H and O–H groups in total. The van der Waals surface area contributed by atoms with Gasteiger partial charge in [0.05, 0.1) is 21.8 Å². The van der Waals surface area contributed by atoms with Gasteiger partial charge < -0.3 is 15.0 Å². The summed E-state index contributed by atoms with van der Waals surface area (Å²) in [5.74, 6) is 7.50. The Morgan fingerprint density at radius 3 is 2.78 bits per heavy atom. The van der Waals surface area contributed by atoms with Crippen molar-refractivity contribution in [1.29, 1.82) is 0 Å². The fourth-order valence-electron chi connectivity index (χ4n) is 3.88. The number of halogens is 2. The third-order valence-corrected chi connectivity index (χ3v) is 7.17. The summed E-state index contributed by atoms with van der Waals surface area (Å²) >= 11 is 8.01. The molecular weight excluding hydrogens is 497 g/mol. The molecule has 5 rings (SSSR count). The minimum Gasteiger partial charge on any atom is -0.487 e. The minimum absolute atomic E-state index is 0.227. The van der Waals surface area contributed by atoms with Gasteiger partial charge in [-0.2, -0.15) is 0 Å². The van der Waals surface area contributed by atoms with E-state index in [1.807, 2.05) is 12.1 Å². The Morgan fingerprint density at radius 1 is 1.11 bits per heavy atom. The van der Waals surface area contributed by atoms with Crippen LogP contribution < -0.4 is 10.1 Å². The number of benzene rings is 2. The molecule has 0 radical (unpaired) electrons. The van der Waals surface area contributed by atoms with Crippen LogP contribution in [0, 0.1) is 17.7 Å². The average Bonchev–Trinajstić information content (AvgIpc) is 3.29. The highest BCUT2D eigenvalue weighted by Crippen LogP contribution is 2.33. The summed E-state index contributed by atoms with van der Waals surface area (Å²) in [7, 11) is 2.15. The van der Waals surface area contributed by atoms with Crippen LogP contribution in [0.1, 0.15) is 10.4 Å². The van der Waals surface area contributed by atoms with Crippen LogP contribution in [0.2, 0.25) is 5.02 Å². The number of piperazine rings is 1. The van der Waals surface area contributed by atoms with Crippen molar-refractivity contribution in [3.8, 4) is 17.6 Å². The standard InChI is InChI=1S/C27H25ClFN5OS/c1-33-10-12-34(13-11-33)9-3-6-22-16-23-26(30-18-31-27(23)36-22)32-21-7-8-25(24(28)15-21)35-17-19-4-2-5-20(29)14-19/h2,4-5,7-8,14-16,18H,9-13,17H2,1H3,(H,30,31,32). The van der Waals surface area contributed by atoms with Crippen molar-refractivity contribution in [2.24, 2.45) is 0 Å². The van der Waals surface area contributed by atoms with Gasteiger partial charge in [0.15, 0.2) is 0 Å². The molecule has 2 aromatic heterocycles. The lowest BCUT2D eigenvalue weighted by Gasteiger charge is -2.30. The second kappa shape index (κ2) is 11.2. The number of nitrogens with zero attached hydrogens (tertiary/aromatic N) is 4. The highest BCUT2D eigenvalue weighted by molar-refractivity contribution is 7.19. The predicted molar refractivity (Wildman–Crippen MR) is 144 cm³/mol. The molecule has 0 unspecified atom stereocenters. The Balaban J connectivity index is 1.25. The Hall–Kier alpha value is -3.22. The normalized spacial score (nSPS) is 14.4. The summed E-state index contributed by atoms with van der Waals surface area (Å²) in [6.45, 7) is 5.26. The molecule has 2 aromatic carbocycles. The van der Waals surface area contributed by atoms with Crippen molar-refractivity contribution < 1.29 is 9.13 Å². The maximum Gasteiger partial charge on any atom is 0.142 e. The fourth-order valence-corrected chi connectivity index (χ4v) is 4.99. The zero-order valence-corrected chi connectivity index (χ0v) is 21.4. The first-order chi connectivity index (χ1) is 17.5. The second-order valence-corrected chi connectivity index (χ2v) is 10.1. The number of ether oxygens (including phenoxy) is 1. The van der Waals surface area contributed by atoms with Crippen LogP contribution >= 0.6 is 22.9 Å². The van der Waals surface area contributed by atoms with E-state index in [2.05, 4.69) is 44.0 Å². The Bertz CT molecular complexity index is 1420. The first kappa shape index (κ1) is 24.5. The van der Waals surface area contributed by atoms with Crippen LogP contribution in [-0.4, -0.2) is 59.5 Å². The Labute approximate surface area is 218 Å². The number of nitrogens with one attached hydrogen (secondary N) is 1. The van der Waals surface area contributed by atoms with Gasteiger partial charge in [-0.15, -0.1) is 11.3 Å². The molecule has 0 atom stereocenters. The van der Waals surface area contributed by atoms with Crippen molar-refractivity contribution in [3.63, 3.8) is 0 Å². The Kier molecular flexibility index (Phi) is 7.63. The zero-order chi connectivity index (χ0) is 24.9. The van der Waals surface area contributed by atoms with Crippen LogP contribution in [0.4, 0.5) is 15.9 Å². The molecule has 9 heteroatoms. The molecule has 1 saturated heterocycles. The lowest BCUT2D eigenvalue weighted by molar-refractivity contribution is 0.168. The highest BCUT2D eigenvalue weighted by atomic mass is 35.5. The van der Waals surface area contributed by atoms with Gasteiger partial charge in [0.2, 0.25) is 0 Å². The summed E-state index contributed by atoms with van der Waals surface area (Å²) < 4.78 is 19.2. The van der Waals surface area contributed by atoms with Crippen LogP contribution in [0.25, 0.3) is 10.2 Å². The van der Waals surface area contributed by atoms with Gasteiger partial charge in [0.1, 0.15) is 35.1 Å². The topological polar surface area (TPSA) is 53.5 Å². The number of hydrogen-bond donors (Lipinski definition) is 1. The SMILES string of the molecule is CN1CCN(CC#Cc2cc3c(Nc4ccc(OCc5cccc(F)c5)c(Cl)c4)ncnc3s2)CC1. The number of anilines is 2. The monoisotopic (exact) mass is 521 g/mol. The molecule has 0 bridgehead atoms. The highest BCUT2D eigenvalue weighted by Gasteiger charge is 2.13. The van der Waals surface area contributed by atoms with Gasteiger partial charge >= 0.3 is 0 Å². The van der Waals surface area contributed by atoms with E-state index in [1.54, 1.807) is 41.9 Å². The van der Waals surface area contributed by atoms with Gasteiger partial charge in [-0.05, 0) is 49.0 Å². The molecule has 3 heterocycles. The van der Waals surface area contributed by atoms with Crippen molar-refractivity contribution in [2.75, 3.05) is 45.1 Å². The van der Waals surface area contributed by atoms with E-state index < -0.39 is 0 Å². The fraction of sp³-hybridized carbons (Fsp3) is 0.259. The zero-order valence-electron chi connectivity index (χ0n) is 19.8. The predicted octanol–water partition coefficient (Wildman–Crippen LogP) is 5.41. The first-order valence-electron chi connectivity index (χ1n) is 11.6. The summed E-state index contributed by atoms with van der Waals surface area (Å²) in [6, 6.07) is 13.8. The molecule has 0 amide bonds. The van der Waals surface area contributed by atoms with Crippen molar-refractivity contribution in [1.82, 2.24) is 19.8 Å². The van der Waals surface area contributed by atoms with E-state index in [0.29, 0.717) is 16.6 Å². The second-order valence-electron chi connectivity index (χ2n) is 8.62. The van der Waals surface area contributed by atoms with Crippen molar-refractivity contribution >= 4 is 44.7 Å². The summed E-state index contributed by atoms with van der Waals surface area (Å²) in [5.41, 5.74) is 1.50. The molecule has 1 fully saturated rings. The van der Waals surface area contributed by atoms with E-state index >= 15 is 0 Å². The summed E-state index contributed by atoms with van der Waals surface area (Å²) in [5, 5.41) is 4.68. The number of rotatable bonds is 6. The lowest BCUT2D eigenvalue weighted by Crippen LogP contribution is -2.44. The molecule has 184 valence electrons. The number of fused-ring (bicyclic) bond motifs is 1. The van der Waals surface area contributed by atoms with Crippen molar-refractivity contribution in [2.45, 2.75) is 6.61 Å². The number of aromatic nitrogens is 2. The third-order valence-electron chi connectivity index (χ3n) is 5.92. The summed E-state index contributed by atoms with van der Waals surface area (Å²) in [4.78, 5) is 15.4. The molecule has 0 saturated carbocycles. The third kappa shape index (κ3) is 6.12. The van der Waals surface area contributed by atoms with E-state index in [1.165, 1.54) is 12.1 Å². The molecule has 6 nitrogen and oxygen atoms in total. The minimum atomic E-state index is -0.296. The molecule has 1 aliphatic rings. The summed E-state index contributed by atoms with van der Waals surface area (Å²) in [6.07, 6.45) is 1.54. The van der Waals surface area contributed by atoms with E-state index in [-0.39, 0.29) is 12.4 Å².